The molecule has 1 aliphatic rings. The highest BCUT2D eigenvalue weighted by atomic mass is 35.5. The molecule has 0 amide bonds. The highest BCUT2D eigenvalue weighted by Gasteiger charge is 2.33. The molecule has 14 heavy (non-hydrogen) atoms. The third-order valence-corrected chi connectivity index (χ3v) is 3.75. The third kappa shape index (κ3) is 2.38. The molecule has 1 saturated carbocycles. The Hall–Kier alpha value is -0.320. The number of rotatable bonds is 4. The maximum Gasteiger partial charge on any atom is 0.184 e. The van der Waals surface area contributed by atoms with Gasteiger partial charge < -0.3 is 10.4 Å². The number of aromatic nitrogens is 1. The number of nitrogens with one attached hydrogen (secondary N) is 1. The first-order chi connectivity index (χ1) is 6.68. The first kappa shape index (κ1) is 10.2. The van der Waals surface area contributed by atoms with E-state index in [9.17, 15) is 5.11 Å². The van der Waals surface area contributed by atoms with Crippen LogP contribution >= 0.6 is 22.9 Å². The first-order valence-electron chi connectivity index (χ1n) is 4.75. The van der Waals surface area contributed by atoms with Crippen LogP contribution in [-0.2, 0) is 0 Å². The second-order valence-electron chi connectivity index (χ2n) is 3.73. The molecule has 2 N–H and O–H groups in total. The van der Waals surface area contributed by atoms with Crippen molar-refractivity contribution in [2.75, 3.05) is 11.9 Å². The van der Waals surface area contributed by atoms with E-state index < -0.39 is 5.60 Å². The van der Waals surface area contributed by atoms with Crippen LogP contribution in [-0.4, -0.2) is 22.2 Å². The van der Waals surface area contributed by atoms with Gasteiger partial charge in [0.25, 0.3) is 0 Å². The molecular weight excluding hydrogens is 220 g/mol. The van der Waals surface area contributed by atoms with Crippen molar-refractivity contribution in [1.29, 1.82) is 0 Å². The second-order valence-corrected chi connectivity index (χ2v) is 4.98. The van der Waals surface area contributed by atoms with Gasteiger partial charge in [-0.05, 0) is 25.7 Å². The van der Waals surface area contributed by atoms with E-state index >= 15 is 0 Å². The molecule has 1 fully saturated rings. The molecule has 0 atom stereocenters. The van der Waals surface area contributed by atoms with Gasteiger partial charge in [0.15, 0.2) is 5.13 Å². The van der Waals surface area contributed by atoms with Crippen LogP contribution in [0.1, 0.15) is 25.7 Å². The minimum atomic E-state index is -0.409. The Morgan fingerprint density at radius 2 is 2.43 bits per heavy atom. The summed E-state index contributed by atoms with van der Waals surface area (Å²) in [6.07, 6.45) is 3.82. The summed E-state index contributed by atoms with van der Waals surface area (Å²) in [4.78, 5) is 4.07. The molecule has 1 aromatic rings. The topological polar surface area (TPSA) is 45.1 Å². The largest absolute Gasteiger partial charge is 0.390 e. The van der Waals surface area contributed by atoms with Gasteiger partial charge in [-0.15, -0.1) is 11.3 Å². The smallest absolute Gasteiger partial charge is 0.184 e. The fourth-order valence-corrected chi connectivity index (χ4v) is 2.44. The van der Waals surface area contributed by atoms with Gasteiger partial charge in [0.05, 0.1) is 5.60 Å². The lowest BCUT2D eigenvalue weighted by Crippen LogP contribution is -2.38. The quantitative estimate of drug-likeness (QED) is 0.839. The number of thiazole rings is 1. The Morgan fingerprint density at radius 3 is 2.93 bits per heavy atom. The summed E-state index contributed by atoms with van der Waals surface area (Å²) >= 11 is 7.17. The van der Waals surface area contributed by atoms with E-state index in [4.69, 9.17) is 11.6 Å². The van der Waals surface area contributed by atoms with Crippen LogP contribution in [0.5, 0.6) is 0 Å². The van der Waals surface area contributed by atoms with E-state index in [1.165, 1.54) is 11.3 Å². The number of halogens is 1. The van der Waals surface area contributed by atoms with Crippen molar-refractivity contribution in [1.82, 2.24) is 4.98 Å². The molecule has 0 aromatic carbocycles. The SMILES string of the molecule is OC1(CCNc2nc(Cl)cs2)CCC1. The van der Waals surface area contributed by atoms with Gasteiger partial charge in [-0.1, -0.05) is 11.6 Å². The molecule has 1 aliphatic carbocycles. The van der Waals surface area contributed by atoms with Gasteiger partial charge in [-0.25, -0.2) is 4.98 Å². The van der Waals surface area contributed by atoms with Crippen molar-refractivity contribution < 1.29 is 5.11 Å². The van der Waals surface area contributed by atoms with Gasteiger partial charge in [-0.3, -0.25) is 0 Å². The summed E-state index contributed by atoms with van der Waals surface area (Å²) in [5.74, 6) is 0. The van der Waals surface area contributed by atoms with Crippen LogP contribution in [0, 0.1) is 0 Å². The van der Waals surface area contributed by atoms with E-state index in [0.717, 1.165) is 37.4 Å². The molecular formula is C9H13ClN2OS. The number of nitrogens with zero attached hydrogens (tertiary/aromatic N) is 1. The van der Waals surface area contributed by atoms with E-state index in [0.29, 0.717) is 5.15 Å². The third-order valence-electron chi connectivity index (χ3n) is 2.63. The van der Waals surface area contributed by atoms with E-state index in [2.05, 4.69) is 10.3 Å². The Morgan fingerprint density at radius 1 is 1.64 bits per heavy atom. The summed E-state index contributed by atoms with van der Waals surface area (Å²) in [7, 11) is 0. The minimum Gasteiger partial charge on any atom is -0.390 e. The van der Waals surface area contributed by atoms with Crippen LogP contribution in [0.25, 0.3) is 0 Å². The van der Waals surface area contributed by atoms with Crippen molar-refractivity contribution in [3.63, 3.8) is 0 Å². The van der Waals surface area contributed by atoms with Crippen LogP contribution in [0.4, 0.5) is 5.13 Å². The maximum absolute atomic E-state index is 9.81. The predicted octanol–water partition coefficient (Wildman–Crippen LogP) is 2.51. The lowest BCUT2D eigenvalue weighted by Gasteiger charge is -2.36. The summed E-state index contributed by atoms with van der Waals surface area (Å²) in [5, 5.41) is 16.1. The average Bonchev–Trinajstić information content (AvgIpc) is 2.49. The molecule has 0 bridgehead atoms. The van der Waals surface area contributed by atoms with Crippen molar-refractivity contribution >= 4 is 28.1 Å². The molecule has 5 heteroatoms. The average molecular weight is 233 g/mol. The Kier molecular flexibility index (Phi) is 2.95. The van der Waals surface area contributed by atoms with Crippen LogP contribution in [0.3, 0.4) is 0 Å². The Bertz CT molecular complexity index is 312. The van der Waals surface area contributed by atoms with Crippen LogP contribution in [0.15, 0.2) is 5.38 Å². The van der Waals surface area contributed by atoms with Crippen molar-refractivity contribution in [3.8, 4) is 0 Å². The van der Waals surface area contributed by atoms with E-state index in [1.54, 1.807) is 5.38 Å². The minimum absolute atomic E-state index is 0.409. The molecule has 2 rings (SSSR count). The normalized spacial score (nSPS) is 19.0. The maximum atomic E-state index is 9.81. The highest BCUT2D eigenvalue weighted by Crippen LogP contribution is 2.34. The van der Waals surface area contributed by atoms with Gasteiger partial charge in [0, 0.05) is 11.9 Å². The first-order valence-corrected chi connectivity index (χ1v) is 6.01. The molecule has 78 valence electrons. The lowest BCUT2D eigenvalue weighted by atomic mass is 9.78. The fourth-order valence-electron chi connectivity index (χ4n) is 1.57. The zero-order valence-corrected chi connectivity index (χ0v) is 9.37. The number of hydrogen-bond acceptors (Lipinski definition) is 4. The summed E-state index contributed by atoms with van der Waals surface area (Å²) in [5.41, 5.74) is -0.409. The monoisotopic (exact) mass is 232 g/mol. The highest BCUT2D eigenvalue weighted by molar-refractivity contribution is 7.14. The molecule has 0 saturated heterocycles. The second kappa shape index (κ2) is 4.04. The number of aliphatic hydroxyl groups is 1. The molecule has 1 aromatic heterocycles. The number of hydrogen-bond donors (Lipinski definition) is 2. The van der Waals surface area contributed by atoms with Gasteiger partial charge >= 0.3 is 0 Å². The summed E-state index contributed by atoms with van der Waals surface area (Å²) in [6, 6.07) is 0. The van der Waals surface area contributed by atoms with Crippen LogP contribution < -0.4 is 5.32 Å². The summed E-state index contributed by atoms with van der Waals surface area (Å²) in [6.45, 7) is 0.764. The van der Waals surface area contributed by atoms with Gasteiger partial charge in [0.2, 0.25) is 0 Å². The number of anilines is 1. The zero-order valence-electron chi connectivity index (χ0n) is 7.79. The van der Waals surface area contributed by atoms with Crippen molar-refractivity contribution in [2.45, 2.75) is 31.3 Å². The van der Waals surface area contributed by atoms with Crippen molar-refractivity contribution in [3.05, 3.63) is 10.5 Å². The van der Waals surface area contributed by atoms with Crippen molar-refractivity contribution in [2.24, 2.45) is 0 Å². The lowest BCUT2D eigenvalue weighted by molar-refractivity contribution is -0.0370. The molecule has 1 heterocycles. The van der Waals surface area contributed by atoms with E-state index in [-0.39, 0.29) is 0 Å². The predicted molar refractivity (Wildman–Crippen MR) is 59.0 cm³/mol. The summed E-state index contributed by atoms with van der Waals surface area (Å²) < 4.78 is 0. The Balaban J connectivity index is 1.72. The molecule has 3 nitrogen and oxygen atoms in total. The van der Waals surface area contributed by atoms with E-state index in [1.807, 2.05) is 0 Å². The standard InChI is InChI=1S/C9H13ClN2OS/c10-7-6-14-8(12-7)11-5-4-9(13)2-1-3-9/h6,13H,1-5H2,(H,11,12). The van der Waals surface area contributed by atoms with Crippen LogP contribution in [0.2, 0.25) is 5.15 Å². The van der Waals surface area contributed by atoms with Gasteiger partial charge in [-0.2, -0.15) is 0 Å². The zero-order chi connectivity index (χ0) is 10.0. The fraction of sp³-hybridized carbons (Fsp3) is 0.667. The Labute approximate surface area is 92.1 Å². The molecule has 0 spiro atoms. The molecule has 0 radical (unpaired) electrons. The molecule has 0 aliphatic heterocycles. The molecule has 0 unspecified atom stereocenters. The van der Waals surface area contributed by atoms with Gasteiger partial charge in [0.1, 0.15) is 5.15 Å².